The zero-order valence-corrected chi connectivity index (χ0v) is 11.7. The van der Waals surface area contributed by atoms with Gasteiger partial charge in [-0.2, -0.15) is 0 Å². The molecule has 100 valence electrons. The summed E-state index contributed by atoms with van der Waals surface area (Å²) in [5, 5.41) is 5.99. The minimum absolute atomic E-state index is 0.0631. The molecule has 0 saturated heterocycles. The summed E-state index contributed by atoms with van der Waals surface area (Å²) in [4.78, 5) is 16.3. The van der Waals surface area contributed by atoms with Gasteiger partial charge in [-0.25, -0.2) is 4.98 Å². The lowest BCUT2D eigenvalue weighted by molar-refractivity contribution is 0.0925. The van der Waals surface area contributed by atoms with Gasteiger partial charge in [-0.3, -0.25) is 4.79 Å². The van der Waals surface area contributed by atoms with E-state index in [4.69, 9.17) is 0 Å². The number of carbonyl (C=O) groups excluding carboxylic acids is 1. The fourth-order valence-corrected chi connectivity index (χ4v) is 2.19. The Hall–Kier alpha value is -1.58. The molecule has 4 heteroatoms. The standard InChI is InChI=1S/C14H23N3O/c1-5-11(6-2)10(3)17-14(18)12-8-7-9-16-13(12)15-4/h7-11H,5-6H2,1-4H3,(H,15,16)(H,17,18). The van der Waals surface area contributed by atoms with Crippen LogP contribution in [0.5, 0.6) is 0 Å². The molecule has 0 saturated carbocycles. The monoisotopic (exact) mass is 249 g/mol. The van der Waals surface area contributed by atoms with Crippen LogP contribution in [0.25, 0.3) is 0 Å². The summed E-state index contributed by atoms with van der Waals surface area (Å²) >= 11 is 0. The number of rotatable bonds is 6. The number of anilines is 1. The van der Waals surface area contributed by atoms with E-state index >= 15 is 0 Å². The molecule has 2 N–H and O–H groups in total. The number of nitrogens with one attached hydrogen (secondary N) is 2. The second-order valence-electron chi connectivity index (χ2n) is 4.49. The van der Waals surface area contributed by atoms with Gasteiger partial charge in [0, 0.05) is 19.3 Å². The molecule has 1 aromatic heterocycles. The van der Waals surface area contributed by atoms with Crippen molar-refractivity contribution in [1.82, 2.24) is 10.3 Å². The van der Waals surface area contributed by atoms with Crippen molar-refractivity contribution < 1.29 is 4.79 Å². The largest absolute Gasteiger partial charge is 0.372 e. The molecule has 0 fully saturated rings. The zero-order chi connectivity index (χ0) is 13.5. The molecule has 0 aliphatic rings. The summed E-state index contributed by atoms with van der Waals surface area (Å²) in [6.45, 7) is 6.37. The molecule has 1 amide bonds. The summed E-state index contributed by atoms with van der Waals surface area (Å²) in [6, 6.07) is 3.74. The molecule has 1 atom stereocenters. The van der Waals surface area contributed by atoms with Crippen LogP contribution in [0.2, 0.25) is 0 Å². The predicted octanol–water partition coefficient (Wildman–Crippen LogP) is 2.68. The highest BCUT2D eigenvalue weighted by Crippen LogP contribution is 2.15. The van der Waals surface area contributed by atoms with E-state index < -0.39 is 0 Å². The molecular formula is C14H23N3O. The van der Waals surface area contributed by atoms with E-state index in [0.717, 1.165) is 12.8 Å². The molecule has 0 aromatic carbocycles. The Balaban J connectivity index is 2.76. The van der Waals surface area contributed by atoms with E-state index in [9.17, 15) is 4.79 Å². The van der Waals surface area contributed by atoms with Crippen LogP contribution in [-0.2, 0) is 0 Å². The summed E-state index contributed by atoms with van der Waals surface area (Å²) in [5.74, 6) is 1.07. The van der Waals surface area contributed by atoms with E-state index in [-0.39, 0.29) is 11.9 Å². The van der Waals surface area contributed by atoms with Crippen molar-refractivity contribution in [3.05, 3.63) is 23.9 Å². The number of hydrogen-bond donors (Lipinski definition) is 2. The van der Waals surface area contributed by atoms with E-state index in [2.05, 4.69) is 36.4 Å². The molecule has 1 aromatic rings. The predicted molar refractivity (Wildman–Crippen MR) is 74.8 cm³/mol. The normalized spacial score (nSPS) is 12.3. The summed E-state index contributed by atoms with van der Waals surface area (Å²) in [5.41, 5.74) is 0.595. The highest BCUT2D eigenvalue weighted by atomic mass is 16.1. The van der Waals surface area contributed by atoms with Crippen molar-refractivity contribution >= 4 is 11.7 Å². The number of pyridine rings is 1. The van der Waals surface area contributed by atoms with Crippen molar-refractivity contribution in [1.29, 1.82) is 0 Å². The molecule has 0 aliphatic heterocycles. The molecule has 0 aliphatic carbocycles. The lowest BCUT2D eigenvalue weighted by Gasteiger charge is -2.22. The second kappa shape index (κ2) is 6.99. The molecule has 1 heterocycles. The minimum atomic E-state index is -0.0631. The molecule has 4 nitrogen and oxygen atoms in total. The Morgan fingerprint density at radius 2 is 2.06 bits per heavy atom. The Morgan fingerprint density at radius 1 is 1.39 bits per heavy atom. The SMILES string of the molecule is CCC(CC)C(C)NC(=O)c1cccnc1NC. The van der Waals surface area contributed by atoms with Crippen LogP contribution < -0.4 is 10.6 Å². The van der Waals surface area contributed by atoms with Crippen molar-refractivity contribution in [3.8, 4) is 0 Å². The van der Waals surface area contributed by atoms with Gasteiger partial charge in [-0.1, -0.05) is 26.7 Å². The van der Waals surface area contributed by atoms with E-state index in [1.807, 2.05) is 0 Å². The first-order valence-electron chi connectivity index (χ1n) is 6.57. The average molecular weight is 249 g/mol. The molecule has 1 unspecified atom stereocenters. The van der Waals surface area contributed by atoms with Crippen molar-refractivity contribution in [2.45, 2.75) is 39.7 Å². The highest BCUT2D eigenvalue weighted by molar-refractivity contribution is 5.98. The van der Waals surface area contributed by atoms with Gasteiger partial charge in [0.1, 0.15) is 5.82 Å². The first-order valence-corrected chi connectivity index (χ1v) is 6.57. The van der Waals surface area contributed by atoms with Gasteiger partial charge < -0.3 is 10.6 Å². The van der Waals surface area contributed by atoms with Crippen LogP contribution >= 0.6 is 0 Å². The maximum absolute atomic E-state index is 12.2. The summed E-state index contributed by atoms with van der Waals surface area (Å²) in [7, 11) is 1.77. The average Bonchev–Trinajstić information content (AvgIpc) is 2.40. The van der Waals surface area contributed by atoms with E-state index in [1.54, 1.807) is 25.4 Å². The van der Waals surface area contributed by atoms with Crippen LogP contribution in [-0.4, -0.2) is 24.0 Å². The lowest BCUT2D eigenvalue weighted by Crippen LogP contribution is -2.38. The summed E-state index contributed by atoms with van der Waals surface area (Å²) in [6.07, 6.45) is 3.82. The summed E-state index contributed by atoms with van der Waals surface area (Å²) < 4.78 is 0. The van der Waals surface area contributed by atoms with Gasteiger partial charge in [-0.05, 0) is 25.0 Å². The van der Waals surface area contributed by atoms with Crippen molar-refractivity contribution in [2.75, 3.05) is 12.4 Å². The fraction of sp³-hybridized carbons (Fsp3) is 0.571. The first kappa shape index (κ1) is 14.5. The van der Waals surface area contributed by atoms with Gasteiger partial charge in [0.25, 0.3) is 5.91 Å². The Kier molecular flexibility index (Phi) is 5.62. The quantitative estimate of drug-likeness (QED) is 0.815. The molecule has 1 rings (SSSR count). The number of hydrogen-bond acceptors (Lipinski definition) is 3. The van der Waals surface area contributed by atoms with Gasteiger partial charge in [0.2, 0.25) is 0 Å². The smallest absolute Gasteiger partial charge is 0.255 e. The third kappa shape index (κ3) is 3.45. The van der Waals surface area contributed by atoms with Crippen LogP contribution in [0.15, 0.2) is 18.3 Å². The molecule has 18 heavy (non-hydrogen) atoms. The Morgan fingerprint density at radius 3 is 2.61 bits per heavy atom. The third-order valence-electron chi connectivity index (χ3n) is 3.40. The molecular weight excluding hydrogens is 226 g/mol. The maximum Gasteiger partial charge on any atom is 0.255 e. The molecule has 0 radical (unpaired) electrons. The van der Waals surface area contributed by atoms with Gasteiger partial charge in [0.05, 0.1) is 5.56 Å². The number of carbonyl (C=O) groups is 1. The maximum atomic E-state index is 12.2. The van der Waals surface area contributed by atoms with E-state index in [0.29, 0.717) is 17.3 Å². The zero-order valence-electron chi connectivity index (χ0n) is 11.7. The number of nitrogens with zero attached hydrogens (tertiary/aromatic N) is 1. The number of aromatic nitrogens is 1. The second-order valence-corrected chi connectivity index (χ2v) is 4.49. The van der Waals surface area contributed by atoms with Gasteiger partial charge in [0.15, 0.2) is 0 Å². The van der Waals surface area contributed by atoms with Crippen LogP contribution in [0.1, 0.15) is 44.0 Å². The van der Waals surface area contributed by atoms with Crippen LogP contribution in [0.4, 0.5) is 5.82 Å². The highest BCUT2D eigenvalue weighted by Gasteiger charge is 2.18. The molecule has 0 spiro atoms. The van der Waals surface area contributed by atoms with E-state index in [1.165, 1.54) is 0 Å². The Bertz CT molecular complexity index is 388. The molecule has 0 bridgehead atoms. The minimum Gasteiger partial charge on any atom is -0.372 e. The first-order chi connectivity index (χ1) is 8.63. The van der Waals surface area contributed by atoms with Crippen LogP contribution in [0.3, 0.4) is 0 Å². The third-order valence-corrected chi connectivity index (χ3v) is 3.40. The fourth-order valence-electron chi connectivity index (χ4n) is 2.19. The lowest BCUT2D eigenvalue weighted by atomic mass is 9.95. The topological polar surface area (TPSA) is 54.0 Å². The van der Waals surface area contributed by atoms with Crippen molar-refractivity contribution in [2.24, 2.45) is 5.92 Å². The number of amides is 1. The van der Waals surface area contributed by atoms with Crippen LogP contribution in [0, 0.1) is 5.92 Å². The van der Waals surface area contributed by atoms with Gasteiger partial charge >= 0.3 is 0 Å². The van der Waals surface area contributed by atoms with Crippen molar-refractivity contribution in [3.63, 3.8) is 0 Å². The van der Waals surface area contributed by atoms with Gasteiger partial charge in [-0.15, -0.1) is 0 Å². The Labute approximate surface area is 109 Å².